The van der Waals surface area contributed by atoms with Gasteiger partial charge in [-0.1, -0.05) is 65.5 Å². The number of hydrazine groups is 1. The van der Waals surface area contributed by atoms with Gasteiger partial charge >= 0.3 is 6.03 Å². The average Bonchev–Trinajstić information content (AvgIpc) is 2.84. The van der Waals surface area contributed by atoms with Crippen molar-refractivity contribution < 1.29 is 14.4 Å². The van der Waals surface area contributed by atoms with Crippen molar-refractivity contribution >= 4 is 41.0 Å². The number of amides is 4. The first-order valence-electron chi connectivity index (χ1n) is 11.1. The third-order valence-electron chi connectivity index (χ3n) is 6.11. The summed E-state index contributed by atoms with van der Waals surface area (Å²) >= 11 is 12.2. The van der Waals surface area contributed by atoms with Gasteiger partial charge in [0.25, 0.3) is 0 Å². The lowest BCUT2D eigenvalue weighted by molar-refractivity contribution is -0.188. The van der Waals surface area contributed by atoms with Gasteiger partial charge in [-0.3, -0.25) is 9.59 Å². The number of hydrogen-bond donors (Lipinski definition) is 1. The molecular formula is C25H25Cl2N5O3. The summed E-state index contributed by atoms with van der Waals surface area (Å²) in [5.41, 5.74) is 1.72. The van der Waals surface area contributed by atoms with Crippen LogP contribution in [-0.2, 0) is 22.7 Å². The molecule has 2 heterocycles. The van der Waals surface area contributed by atoms with Crippen molar-refractivity contribution in [2.45, 2.75) is 32.2 Å². The summed E-state index contributed by atoms with van der Waals surface area (Å²) in [7, 11) is 0. The lowest BCUT2D eigenvalue weighted by Gasteiger charge is -2.54. The van der Waals surface area contributed by atoms with E-state index in [1.807, 2.05) is 30.3 Å². The standard InChI is InChI=1S/C25H25Cl2N5O3/c1-3-11-30-16-23(33)31-17(2)24(34)29(14-19-9-10-20(26)21(27)12-19)15-22(31)32(30)25(35)28-13-18-7-5-4-6-8-18/h1,4-10,12,17,22H,11,13-16H2,2H3,(H,28,35)/t17-,22-/m0/s1. The lowest BCUT2D eigenvalue weighted by atomic mass is 10.1. The van der Waals surface area contributed by atoms with Gasteiger partial charge in [0, 0.05) is 13.1 Å². The third-order valence-corrected chi connectivity index (χ3v) is 6.85. The Labute approximate surface area is 214 Å². The highest BCUT2D eigenvalue weighted by atomic mass is 35.5. The Morgan fingerprint density at radius 1 is 1.11 bits per heavy atom. The van der Waals surface area contributed by atoms with Crippen molar-refractivity contribution in [1.29, 1.82) is 0 Å². The van der Waals surface area contributed by atoms with Crippen LogP contribution in [0.4, 0.5) is 4.79 Å². The zero-order valence-corrected chi connectivity index (χ0v) is 20.7. The summed E-state index contributed by atoms with van der Waals surface area (Å²) in [6.07, 6.45) is 4.83. The number of fused-ring (bicyclic) bond motifs is 1. The molecule has 0 radical (unpaired) electrons. The van der Waals surface area contributed by atoms with Crippen LogP contribution in [0.1, 0.15) is 18.1 Å². The third kappa shape index (κ3) is 5.22. The molecule has 2 aromatic rings. The van der Waals surface area contributed by atoms with Crippen molar-refractivity contribution in [3.05, 3.63) is 69.7 Å². The van der Waals surface area contributed by atoms with E-state index in [-0.39, 0.29) is 38.0 Å². The number of rotatable bonds is 5. The van der Waals surface area contributed by atoms with Crippen LogP contribution >= 0.6 is 23.2 Å². The fourth-order valence-corrected chi connectivity index (χ4v) is 4.77. The first-order chi connectivity index (χ1) is 16.8. The molecule has 0 aromatic heterocycles. The molecule has 1 N–H and O–H groups in total. The number of piperazine rings is 1. The summed E-state index contributed by atoms with van der Waals surface area (Å²) in [5.74, 6) is 2.05. The number of halogens is 2. The normalized spacial score (nSPS) is 20.5. The summed E-state index contributed by atoms with van der Waals surface area (Å²) in [5, 5.41) is 6.73. The smallest absolute Gasteiger partial charge is 0.333 e. The van der Waals surface area contributed by atoms with Crippen molar-refractivity contribution in [2.75, 3.05) is 19.6 Å². The van der Waals surface area contributed by atoms with E-state index in [0.29, 0.717) is 16.6 Å². The molecule has 182 valence electrons. The molecule has 8 nitrogen and oxygen atoms in total. The molecule has 2 aliphatic rings. The van der Waals surface area contributed by atoms with Gasteiger partial charge in [-0.15, -0.1) is 6.42 Å². The van der Waals surface area contributed by atoms with Crippen LogP contribution in [0.5, 0.6) is 0 Å². The van der Waals surface area contributed by atoms with Crippen LogP contribution in [0.3, 0.4) is 0 Å². The molecule has 0 aliphatic carbocycles. The van der Waals surface area contributed by atoms with Gasteiger partial charge in [-0.2, -0.15) is 5.01 Å². The van der Waals surface area contributed by atoms with Crippen LogP contribution in [0.25, 0.3) is 0 Å². The van der Waals surface area contributed by atoms with Crippen LogP contribution in [0.15, 0.2) is 48.5 Å². The van der Waals surface area contributed by atoms with E-state index in [4.69, 9.17) is 29.6 Å². The first-order valence-corrected chi connectivity index (χ1v) is 11.9. The highest BCUT2D eigenvalue weighted by Gasteiger charge is 2.49. The second-order valence-electron chi connectivity index (χ2n) is 8.44. The molecule has 0 bridgehead atoms. The van der Waals surface area contributed by atoms with E-state index < -0.39 is 18.2 Å². The minimum atomic E-state index is -0.749. The molecule has 0 unspecified atom stereocenters. The quantitative estimate of drug-likeness (QED) is 0.623. The van der Waals surface area contributed by atoms with Crippen LogP contribution in [0.2, 0.25) is 10.0 Å². The van der Waals surface area contributed by atoms with Gasteiger partial charge in [0.05, 0.1) is 29.7 Å². The minimum absolute atomic E-state index is 0.0734. The van der Waals surface area contributed by atoms with Gasteiger partial charge in [0.2, 0.25) is 11.8 Å². The Morgan fingerprint density at radius 3 is 2.54 bits per heavy atom. The number of urea groups is 1. The maximum atomic E-state index is 13.4. The molecule has 2 fully saturated rings. The maximum absolute atomic E-state index is 13.4. The monoisotopic (exact) mass is 513 g/mol. The molecule has 2 atom stereocenters. The molecule has 10 heteroatoms. The number of hydrogen-bond acceptors (Lipinski definition) is 4. The van der Waals surface area contributed by atoms with Gasteiger partial charge in [-0.05, 0) is 30.2 Å². The zero-order valence-electron chi connectivity index (χ0n) is 19.2. The van der Waals surface area contributed by atoms with Gasteiger partial charge in [0.15, 0.2) is 0 Å². The van der Waals surface area contributed by atoms with E-state index in [2.05, 4.69) is 11.2 Å². The highest BCUT2D eigenvalue weighted by molar-refractivity contribution is 6.42. The number of carbonyl (C=O) groups is 3. The van der Waals surface area contributed by atoms with Crippen molar-refractivity contribution in [3.63, 3.8) is 0 Å². The molecule has 2 aliphatic heterocycles. The average molecular weight is 514 g/mol. The number of nitrogens with one attached hydrogen (secondary N) is 1. The Hall–Kier alpha value is -3.25. The van der Waals surface area contributed by atoms with E-state index >= 15 is 0 Å². The Bertz CT molecular complexity index is 1170. The second-order valence-corrected chi connectivity index (χ2v) is 9.25. The lowest BCUT2D eigenvalue weighted by Crippen LogP contribution is -2.75. The molecule has 4 amide bonds. The van der Waals surface area contributed by atoms with Gasteiger partial charge in [-0.25, -0.2) is 9.80 Å². The van der Waals surface area contributed by atoms with Gasteiger partial charge < -0.3 is 15.1 Å². The number of carbonyl (C=O) groups excluding carboxylic acids is 3. The van der Waals surface area contributed by atoms with Crippen LogP contribution in [0, 0.1) is 12.3 Å². The predicted molar refractivity (Wildman–Crippen MR) is 133 cm³/mol. The molecule has 2 aromatic carbocycles. The zero-order chi connectivity index (χ0) is 25.1. The molecular weight excluding hydrogens is 489 g/mol. The Morgan fingerprint density at radius 2 is 1.86 bits per heavy atom. The van der Waals surface area contributed by atoms with Crippen LogP contribution < -0.4 is 5.32 Å². The number of terminal acetylenes is 1. The van der Waals surface area contributed by atoms with E-state index in [1.165, 1.54) is 9.91 Å². The Balaban J connectivity index is 1.60. The predicted octanol–water partition coefficient (Wildman–Crippen LogP) is 2.95. The summed E-state index contributed by atoms with van der Waals surface area (Å²) in [6.45, 7) is 2.34. The SMILES string of the molecule is C#CCN1CC(=O)N2[C@@H](C)C(=O)N(Cc3ccc(Cl)c(Cl)c3)C[C@@H]2N1C(=O)NCc1ccccc1. The van der Waals surface area contributed by atoms with E-state index in [1.54, 1.807) is 35.0 Å². The Kier molecular flexibility index (Phi) is 7.51. The molecule has 4 rings (SSSR count). The summed E-state index contributed by atoms with van der Waals surface area (Å²) < 4.78 is 0. The van der Waals surface area contributed by atoms with Gasteiger partial charge in [0.1, 0.15) is 12.2 Å². The largest absolute Gasteiger partial charge is 0.334 e. The molecule has 35 heavy (non-hydrogen) atoms. The molecule has 0 saturated carbocycles. The fourth-order valence-electron chi connectivity index (χ4n) is 4.45. The number of nitrogens with zero attached hydrogens (tertiary/aromatic N) is 4. The molecule has 0 spiro atoms. The first kappa shape index (κ1) is 24.9. The number of benzene rings is 2. The fraction of sp³-hybridized carbons (Fsp3) is 0.320. The van der Waals surface area contributed by atoms with Crippen molar-refractivity contribution in [2.24, 2.45) is 0 Å². The summed E-state index contributed by atoms with van der Waals surface area (Å²) in [6, 6.07) is 13.5. The maximum Gasteiger partial charge on any atom is 0.334 e. The molecule has 2 saturated heterocycles. The summed E-state index contributed by atoms with van der Waals surface area (Å²) in [4.78, 5) is 42.7. The second kappa shape index (κ2) is 10.6. The van der Waals surface area contributed by atoms with Crippen LogP contribution in [-0.4, -0.2) is 69.5 Å². The van der Waals surface area contributed by atoms with E-state index in [9.17, 15) is 14.4 Å². The highest BCUT2D eigenvalue weighted by Crippen LogP contribution is 2.28. The van der Waals surface area contributed by atoms with Crippen molar-refractivity contribution in [1.82, 2.24) is 25.1 Å². The van der Waals surface area contributed by atoms with E-state index in [0.717, 1.165) is 11.1 Å². The van der Waals surface area contributed by atoms with Crippen molar-refractivity contribution in [3.8, 4) is 12.3 Å². The minimum Gasteiger partial charge on any atom is -0.333 e. The topological polar surface area (TPSA) is 76.2 Å².